The number of pyridine rings is 1. The summed E-state index contributed by atoms with van der Waals surface area (Å²) >= 11 is 6.12. The summed E-state index contributed by atoms with van der Waals surface area (Å²) in [5.41, 5.74) is 1.88. The third kappa shape index (κ3) is 7.60. The molecule has 8 heteroatoms. The van der Waals surface area contributed by atoms with Crippen molar-refractivity contribution in [1.82, 2.24) is 15.6 Å². The van der Waals surface area contributed by atoms with Crippen LogP contribution in [-0.4, -0.2) is 34.0 Å². The maximum atomic E-state index is 12.6. The fraction of sp³-hybridized carbons (Fsp3) is 0.400. The Morgan fingerprint density at radius 2 is 2.04 bits per heavy atom. The summed E-state index contributed by atoms with van der Waals surface area (Å²) in [5.74, 6) is -0.743. The summed E-state index contributed by atoms with van der Waals surface area (Å²) in [7, 11) is -1.60. The van der Waals surface area contributed by atoms with Gasteiger partial charge in [-0.1, -0.05) is 43.6 Å². The van der Waals surface area contributed by atoms with Crippen molar-refractivity contribution in [2.75, 3.05) is 0 Å². The lowest BCUT2D eigenvalue weighted by Crippen LogP contribution is -2.47. The van der Waals surface area contributed by atoms with Crippen LogP contribution in [0.4, 0.5) is 0 Å². The van der Waals surface area contributed by atoms with Crippen molar-refractivity contribution in [2.24, 2.45) is 5.92 Å². The van der Waals surface area contributed by atoms with Crippen LogP contribution in [0.5, 0.6) is 0 Å². The maximum Gasteiger partial charge on any atom is 0.475 e. The Kier molecular flexibility index (Phi) is 8.92. The van der Waals surface area contributed by atoms with Crippen molar-refractivity contribution < 1.29 is 14.8 Å². The van der Waals surface area contributed by atoms with E-state index in [-0.39, 0.29) is 24.3 Å². The normalized spacial score (nSPS) is 13.2. The van der Waals surface area contributed by atoms with E-state index in [0.717, 1.165) is 11.1 Å². The first-order valence-electron chi connectivity index (χ1n) is 9.38. The highest BCUT2D eigenvalue weighted by molar-refractivity contribution is 6.43. The first kappa shape index (κ1) is 22.4. The molecule has 2 atom stereocenters. The number of carbonyl (C=O) groups excluding carboxylic acids is 1. The Morgan fingerprint density at radius 3 is 2.64 bits per heavy atom. The van der Waals surface area contributed by atoms with Crippen molar-refractivity contribution in [1.29, 1.82) is 0 Å². The smallest absolute Gasteiger partial charge is 0.426 e. The fourth-order valence-corrected chi connectivity index (χ4v) is 3.19. The molecule has 1 amide bonds. The third-order valence-electron chi connectivity index (χ3n) is 4.35. The number of halogens is 1. The van der Waals surface area contributed by atoms with Crippen molar-refractivity contribution in [3.63, 3.8) is 0 Å². The molecule has 28 heavy (non-hydrogen) atoms. The SMILES string of the molecule is CC(C)C[C@H](NC(=O)CC(NCc1cccnc1)c1cccc(Cl)c1)B(O)O. The highest BCUT2D eigenvalue weighted by atomic mass is 35.5. The van der Waals surface area contributed by atoms with Crippen LogP contribution in [0.1, 0.15) is 43.9 Å². The minimum atomic E-state index is -1.60. The molecule has 0 fully saturated rings. The second kappa shape index (κ2) is 11.2. The first-order valence-corrected chi connectivity index (χ1v) is 9.76. The molecule has 0 saturated carbocycles. The number of hydrogen-bond donors (Lipinski definition) is 4. The highest BCUT2D eigenvalue weighted by Gasteiger charge is 2.27. The molecule has 2 aromatic rings. The van der Waals surface area contributed by atoms with Crippen LogP contribution in [0.3, 0.4) is 0 Å². The van der Waals surface area contributed by atoms with Crippen molar-refractivity contribution in [3.8, 4) is 0 Å². The number of benzene rings is 1. The van der Waals surface area contributed by atoms with Gasteiger partial charge >= 0.3 is 7.12 Å². The molecule has 0 aliphatic carbocycles. The monoisotopic (exact) mass is 403 g/mol. The van der Waals surface area contributed by atoms with Crippen LogP contribution in [-0.2, 0) is 11.3 Å². The lowest BCUT2D eigenvalue weighted by Gasteiger charge is -2.23. The number of amides is 1. The lowest BCUT2D eigenvalue weighted by molar-refractivity contribution is -0.122. The predicted molar refractivity (Wildman–Crippen MR) is 111 cm³/mol. The second-order valence-electron chi connectivity index (χ2n) is 7.27. The molecule has 0 radical (unpaired) electrons. The van der Waals surface area contributed by atoms with Crippen LogP contribution >= 0.6 is 11.6 Å². The number of nitrogens with zero attached hydrogens (tertiary/aromatic N) is 1. The van der Waals surface area contributed by atoms with E-state index in [2.05, 4.69) is 15.6 Å². The Morgan fingerprint density at radius 1 is 1.25 bits per heavy atom. The Hall–Kier alpha value is -1.93. The average Bonchev–Trinajstić information content (AvgIpc) is 2.65. The molecular weight excluding hydrogens is 377 g/mol. The predicted octanol–water partition coefficient (Wildman–Crippen LogP) is 2.50. The maximum absolute atomic E-state index is 12.6. The Labute approximate surface area is 171 Å². The third-order valence-corrected chi connectivity index (χ3v) is 4.58. The van der Waals surface area contributed by atoms with Crippen LogP contribution in [0.25, 0.3) is 0 Å². The second-order valence-corrected chi connectivity index (χ2v) is 7.71. The molecule has 150 valence electrons. The number of nitrogens with one attached hydrogen (secondary N) is 2. The zero-order valence-corrected chi connectivity index (χ0v) is 16.9. The van der Waals surface area contributed by atoms with E-state index < -0.39 is 13.1 Å². The van der Waals surface area contributed by atoms with Gasteiger partial charge in [0.15, 0.2) is 0 Å². The molecule has 1 unspecified atom stereocenters. The van der Waals surface area contributed by atoms with E-state index in [4.69, 9.17) is 11.6 Å². The minimum absolute atomic E-state index is 0.141. The topological polar surface area (TPSA) is 94.5 Å². The van der Waals surface area contributed by atoms with E-state index in [1.54, 1.807) is 18.5 Å². The summed E-state index contributed by atoms with van der Waals surface area (Å²) in [6.07, 6.45) is 4.10. The van der Waals surface area contributed by atoms with Gasteiger partial charge in [-0.2, -0.15) is 0 Å². The molecule has 6 nitrogen and oxygen atoms in total. The number of carbonyl (C=O) groups is 1. The molecule has 1 aromatic carbocycles. The van der Waals surface area contributed by atoms with E-state index in [9.17, 15) is 14.8 Å². The lowest BCUT2D eigenvalue weighted by atomic mass is 9.75. The van der Waals surface area contributed by atoms with E-state index in [1.165, 1.54) is 0 Å². The average molecular weight is 404 g/mol. The van der Waals surface area contributed by atoms with Crippen molar-refractivity contribution in [2.45, 2.75) is 45.2 Å². The standard InChI is InChI=1S/C20H27BClN3O3/c1-14(2)9-19(21(27)28)25-20(26)11-18(16-6-3-7-17(22)10-16)24-13-15-5-4-8-23-12-15/h3-8,10,12,14,18-19,24,27-28H,9,11,13H2,1-2H3,(H,25,26)/t18?,19-/m0/s1. The zero-order valence-electron chi connectivity index (χ0n) is 16.2. The molecular formula is C20H27BClN3O3. The summed E-state index contributed by atoms with van der Waals surface area (Å²) in [6, 6.07) is 10.9. The highest BCUT2D eigenvalue weighted by Crippen LogP contribution is 2.21. The van der Waals surface area contributed by atoms with Crippen molar-refractivity contribution in [3.05, 3.63) is 64.9 Å². The molecule has 2 rings (SSSR count). The molecule has 4 N–H and O–H groups in total. The van der Waals surface area contributed by atoms with Gasteiger partial charge in [0, 0.05) is 36.4 Å². The zero-order chi connectivity index (χ0) is 20.5. The van der Waals surface area contributed by atoms with Gasteiger partial charge in [0.25, 0.3) is 0 Å². The molecule has 1 aromatic heterocycles. The molecule has 1 heterocycles. The fourth-order valence-electron chi connectivity index (χ4n) is 2.99. The van der Waals surface area contributed by atoms with E-state index in [1.807, 2.05) is 44.2 Å². The summed E-state index contributed by atoms with van der Waals surface area (Å²) in [6.45, 7) is 4.47. The van der Waals surface area contributed by atoms with Crippen molar-refractivity contribution >= 4 is 24.6 Å². The van der Waals surface area contributed by atoms with Gasteiger partial charge in [-0.25, -0.2) is 0 Å². The van der Waals surface area contributed by atoms with Gasteiger partial charge in [0.2, 0.25) is 5.91 Å². The Balaban J connectivity index is 2.08. The van der Waals surface area contributed by atoms with Gasteiger partial charge in [-0.05, 0) is 41.7 Å². The van der Waals surface area contributed by atoms with Gasteiger partial charge in [-0.3, -0.25) is 9.78 Å². The van der Waals surface area contributed by atoms with E-state index in [0.29, 0.717) is 18.0 Å². The van der Waals surface area contributed by atoms with Crippen LogP contribution in [0.15, 0.2) is 48.8 Å². The van der Waals surface area contributed by atoms with Crippen LogP contribution in [0.2, 0.25) is 5.02 Å². The van der Waals surface area contributed by atoms with Crippen LogP contribution < -0.4 is 10.6 Å². The molecule has 0 saturated heterocycles. The molecule has 0 spiro atoms. The Bertz CT molecular complexity index is 746. The van der Waals surface area contributed by atoms with Gasteiger partial charge in [0.1, 0.15) is 0 Å². The molecule has 0 aliphatic rings. The van der Waals surface area contributed by atoms with E-state index >= 15 is 0 Å². The number of rotatable bonds is 10. The van der Waals surface area contributed by atoms with Crippen LogP contribution in [0, 0.1) is 5.92 Å². The first-order chi connectivity index (χ1) is 13.3. The largest absolute Gasteiger partial charge is 0.475 e. The van der Waals surface area contributed by atoms with Gasteiger partial charge < -0.3 is 20.7 Å². The number of aromatic nitrogens is 1. The molecule has 0 bridgehead atoms. The molecule has 0 aliphatic heterocycles. The minimum Gasteiger partial charge on any atom is -0.426 e. The van der Waals surface area contributed by atoms with Gasteiger partial charge in [0.05, 0.1) is 5.94 Å². The quantitative estimate of drug-likeness (QED) is 0.457. The van der Waals surface area contributed by atoms with Gasteiger partial charge in [-0.15, -0.1) is 0 Å². The summed E-state index contributed by atoms with van der Waals surface area (Å²) in [4.78, 5) is 16.7. The summed E-state index contributed by atoms with van der Waals surface area (Å²) < 4.78 is 0. The number of hydrogen-bond acceptors (Lipinski definition) is 5. The summed E-state index contributed by atoms with van der Waals surface area (Å²) in [5, 5.41) is 25.8.